The van der Waals surface area contributed by atoms with Gasteiger partial charge in [0, 0.05) is 22.9 Å². The zero-order valence-electron chi connectivity index (χ0n) is 2.78. The average molecular weight is 418 g/mol. The molecular weight excluding hydrogens is 385 g/mol. The van der Waals surface area contributed by atoms with Crippen molar-refractivity contribution in [3.8, 4) is 0 Å². The summed E-state index contributed by atoms with van der Waals surface area (Å²) < 4.78 is 4.47. The van der Waals surface area contributed by atoms with Crippen LogP contribution in [-0.2, 0) is 0 Å². The molecule has 0 fully saturated rings. The first kappa shape index (κ1) is 226. The van der Waals surface area contributed by atoms with E-state index in [1.54, 1.807) is 22.9 Å². The van der Waals surface area contributed by atoms with E-state index >= 15 is 0 Å². The van der Waals surface area contributed by atoms with Crippen LogP contribution in [0.4, 0.5) is 0 Å². The molecule has 2 nitrogen and oxygen atoms in total. The Morgan fingerprint density at radius 1 is 0.636 bits per heavy atom. The van der Waals surface area contributed by atoms with Crippen molar-refractivity contribution in [3.63, 3.8) is 0 Å². The Bertz CT molecular complexity index is 18.5. The summed E-state index contributed by atoms with van der Waals surface area (Å²) in [6.45, 7) is 0. The van der Waals surface area contributed by atoms with Gasteiger partial charge in [-0.25, -0.2) is 0 Å². The third-order valence-corrected chi connectivity index (χ3v) is 0. The van der Waals surface area contributed by atoms with Crippen molar-refractivity contribution in [2.45, 2.75) is 44.6 Å². The van der Waals surface area contributed by atoms with Crippen LogP contribution < -0.4 is 10.1 Å². The minimum absolute atomic E-state index is 0. The van der Waals surface area contributed by atoms with Gasteiger partial charge in [-0.05, 0) is 0 Å². The fourth-order valence-electron chi connectivity index (χ4n) is 0. The van der Waals surface area contributed by atoms with E-state index in [4.69, 9.17) is 0 Å². The average Bonchev–Trinajstić information content (AvgIpc) is 1.00. The van der Waals surface area contributed by atoms with Crippen molar-refractivity contribution in [3.05, 3.63) is 0 Å². The van der Waals surface area contributed by atoms with E-state index in [0.717, 1.165) is 0 Å². The topological polar surface area (TPSA) is 61.0 Å². The van der Waals surface area contributed by atoms with Gasteiger partial charge in [0.05, 0.1) is 0 Å². The maximum Gasteiger partial charge on any atom is 0.0137 e. The monoisotopic (exact) mass is 418 g/mol. The Balaban J connectivity index is -0.000000000139. The highest BCUT2D eigenvalue weighted by Crippen LogP contribution is 1.31. The molecule has 0 amide bonds. The molecule has 86 valence electrons. The van der Waals surface area contributed by atoms with Crippen molar-refractivity contribution in [2.75, 3.05) is 0 Å². The van der Waals surface area contributed by atoms with Crippen LogP contribution in [0.15, 0.2) is 0 Å². The van der Waals surface area contributed by atoms with E-state index < -0.39 is 0 Å². The third-order valence-electron chi connectivity index (χ3n) is 0. The molecule has 0 aliphatic heterocycles. The molecule has 0 heterocycles. The lowest BCUT2D eigenvalue weighted by Gasteiger charge is -1.14. The molecule has 0 radical (unpaired) electrons. The Labute approximate surface area is 111 Å². The minimum Gasteiger partial charge on any atom is -0.344 e. The number of rotatable bonds is 0. The standard InChI is InChI=1S/6CH4.H2IN.HI.H3N.H3P/c;;;;;;1-2;;;/h6*1H4;2H2;1H;2*1H3. The molecule has 0 aromatic carbocycles. The van der Waals surface area contributed by atoms with Gasteiger partial charge in [0.25, 0.3) is 0 Å². The molecule has 0 aromatic rings. The quantitative estimate of drug-likeness (QED) is 0.332. The molecule has 1 atom stereocenters. The summed E-state index contributed by atoms with van der Waals surface area (Å²) in [7, 11) is 0. The third kappa shape index (κ3) is 347. The Kier molecular flexibility index (Phi) is 8670. The van der Waals surface area contributed by atoms with Crippen molar-refractivity contribution < 1.29 is 0 Å². The van der Waals surface area contributed by atoms with E-state index in [-0.39, 0.29) is 84.6 Å². The molecule has 0 aliphatic rings. The summed E-state index contributed by atoms with van der Waals surface area (Å²) in [5.41, 5.74) is 0. The number of nitrogens with two attached hydrogens (primary N) is 1. The van der Waals surface area contributed by atoms with Crippen LogP contribution >= 0.6 is 56.7 Å². The lowest BCUT2D eigenvalue weighted by Crippen LogP contribution is -1.45. The van der Waals surface area contributed by atoms with Crippen molar-refractivity contribution in [1.82, 2.24) is 6.15 Å². The summed E-state index contributed by atoms with van der Waals surface area (Å²) in [5, 5.41) is 0. The van der Waals surface area contributed by atoms with Gasteiger partial charge < -0.3 is 6.15 Å². The largest absolute Gasteiger partial charge is 0.344 e. The second-order valence-electron chi connectivity index (χ2n) is 0. The van der Waals surface area contributed by atoms with Gasteiger partial charge in [-0.3, -0.25) is 3.95 Å². The van der Waals surface area contributed by atoms with Crippen LogP contribution in [0.25, 0.3) is 0 Å². The molecule has 5 heteroatoms. The second kappa shape index (κ2) is 421. The summed E-state index contributed by atoms with van der Waals surface area (Å²) in [4.78, 5) is 0. The summed E-state index contributed by atoms with van der Waals surface area (Å²) in [5.74, 6) is 0. The summed E-state index contributed by atoms with van der Waals surface area (Å²) >= 11 is 1.65. The number of hydrogen-bond donors (Lipinski definition) is 2. The van der Waals surface area contributed by atoms with Gasteiger partial charge in [-0.15, -0.1) is 24.0 Å². The van der Waals surface area contributed by atoms with Gasteiger partial charge in [-0.2, -0.15) is 9.90 Å². The van der Waals surface area contributed by atoms with Crippen molar-refractivity contribution in [1.29, 1.82) is 0 Å². The number of halogens is 2. The SMILES string of the molecule is C.C.C.C.C.C.I.N.NI.P. The number of hydrogen-bond acceptors (Lipinski definition) is 2. The van der Waals surface area contributed by atoms with Crippen LogP contribution in [0.3, 0.4) is 0 Å². The van der Waals surface area contributed by atoms with Crippen LogP contribution in [0.5, 0.6) is 0 Å². The van der Waals surface area contributed by atoms with Crippen LogP contribution in [0, 0.1) is 0 Å². The maximum absolute atomic E-state index is 4.47. The van der Waals surface area contributed by atoms with E-state index in [1.165, 1.54) is 0 Å². The van der Waals surface area contributed by atoms with Crippen LogP contribution in [-0.4, -0.2) is 0 Å². The first-order valence-corrected chi connectivity index (χ1v) is 1.46. The normalized spacial score (nSPS) is 0.545. The molecule has 0 bridgehead atoms. The second-order valence-corrected chi connectivity index (χ2v) is 0. The minimum atomic E-state index is 0. The van der Waals surface area contributed by atoms with Gasteiger partial charge in [0.2, 0.25) is 0 Å². The smallest absolute Gasteiger partial charge is 0.0137 e. The molecule has 0 aromatic heterocycles. The van der Waals surface area contributed by atoms with Gasteiger partial charge in [0.15, 0.2) is 0 Å². The Morgan fingerprint density at radius 2 is 0.636 bits per heavy atom. The Morgan fingerprint density at radius 3 is 0.636 bits per heavy atom. The van der Waals surface area contributed by atoms with Crippen molar-refractivity contribution in [2.24, 2.45) is 3.95 Å². The highest BCUT2D eigenvalue weighted by Gasteiger charge is 0.880. The zero-order valence-corrected chi connectivity index (χ0v) is 8.68. The van der Waals surface area contributed by atoms with E-state index in [2.05, 4.69) is 3.95 Å². The van der Waals surface area contributed by atoms with E-state index in [9.17, 15) is 0 Å². The molecule has 5 N–H and O–H groups in total. The lowest BCUT2D eigenvalue weighted by molar-refractivity contribution is 2.13. The van der Waals surface area contributed by atoms with Crippen molar-refractivity contribution >= 4 is 56.7 Å². The molecule has 1 unspecified atom stereocenters. The lowest BCUT2D eigenvalue weighted by atomic mass is 12.0. The van der Waals surface area contributed by atoms with Gasteiger partial charge in [-0.1, -0.05) is 44.6 Å². The van der Waals surface area contributed by atoms with Gasteiger partial charge >= 0.3 is 0 Å². The molecule has 0 aliphatic carbocycles. The predicted octanol–water partition coefficient (Wildman–Crippen LogP) is 4.95. The van der Waals surface area contributed by atoms with E-state index in [1.807, 2.05) is 0 Å². The molecule has 0 saturated heterocycles. The molecular formula is C6H33I2N2P. The first-order valence-electron chi connectivity index (χ1n) is 0.218. The maximum atomic E-state index is 4.47. The zero-order chi connectivity index (χ0) is 2.00. The Hall–Kier alpha value is 1.81. The summed E-state index contributed by atoms with van der Waals surface area (Å²) in [6, 6.07) is 0. The fraction of sp³-hybridized carbons (Fsp3) is 1.00. The summed E-state index contributed by atoms with van der Waals surface area (Å²) in [6.07, 6.45) is 0. The molecule has 0 saturated carbocycles. The van der Waals surface area contributed by atoms with Crippen LogP contribution in [0.1, 0.15) is 44.6 Å². The molecule has 0 rings (SSSR count). The van der Waals surface area contributed by atoms with E-state index in [0.29, 0.717) is 0 Å². The highest BCUT2D eigenvalue weighted by atomic mass is 127. The van der Waals surface area contributed by atoms with Gasteiger partial charge in [0.1, 0.15) is 0 Å². The highest BCUT2D eigenvalue weighted by molar-refractivity contribution is 14.1. The molecule has 11 heavy (non-hydrogen) atoms. The first-order chi connectivity index (χ1) is 1.00. The molecule has 0 spiro atoms. The fourth-order valence-corrected chi connectivity index (χ4v) is 0. The van der Waals surface area contributed by atoms with Crippen LogP contribution in [0.2, 0.25) is 0 Å². The predicted molar refractivity (Wildman–Crippen MR) is 90.1 cm³/mol.